The van der Waals surface area contributed by atoms with Gasteiger partial charge in [-0.3, -0.25) is 4.79 Å². The lowest BCUT2D eigenvalue weighted by atomic mass is 9.98. The van der Waals surface area contributed by atoms with E-state index in [0.717, 1.165) is 0 Å². The number of hydrogen-bond donors (Lipinski definition) is 2. The van der Waals surface area contributed by atoms with Crippen molar-refractivity contribution in [1.29, 1.82) is 0 Å². The molecule has 0 unspecified atom stereocenters. The largest absolute Gasteiger partial charge is 0.453 e. The van der Waals surface area contributed by atoms with Gasteiger partial charge in [-0.05, 0) is 18.3 Å². The van der Waals surface area contributed by atoms with E-state index in [0.29, 0.717) is 13.0 Å². The van der Waals surface area contributed by atoms with Gasteiger partial charge in [0.15, 0.2) is 0 Å². The Morgan fingerprint density at radius 3 is 2.35 bits per heavy atom. The number of nitrogens with zero attached hydrogens (tertiary/aromatic N) is 1. The Bertz CT molecular complexity index is 357. The highest BCUT2D eigenvalue weighted by molar-refractivity contribution is 5.86. The molecule has 0 aromatic heterocycles. The molecule has 0 bridgehead atoms. The third-order valence-electron chi connectivity index (χ3n) is 3.77. The van der Waals surface area contributed by atoms with Crippen LogP contribution < -0.4 is 5.32 Å². The molecule has 0 radical (unpaired) electrons. The lowest BCUT2D eigenvalue weighted by molar-refractivity contribution is -0.136. The summed E-state index contributed by atoms with van der Waals surface area (Å²) in [7, 11) is 1.27. The average Bonchev–Trinajstić information content (AvgIpc) is 2.76. The summed E-state index contributed by atoms with van der Waals surface area (Å²) in [4.78, 5) is 25.7. The summed E-state index contributed by atoms with van der Waals surface area (Å²) in [6.07, 6.45) is -0.512. The second kappa shape index (κ2) is 6.92. The number of rotatable bonds is 4. The molecule has 0 aliphatic carbocycles. The number of alkyl carbamates (subject to hydrolysis) is 1. The van der Waals surface area contributed by atoms with Gasteiger partial charge in [0.25, 0.3) is 0 Å². The highest BCUT2D eigenvalue weighted by Crippen LogP contribution is 2.25. The zero-order valence-electron chi connectivity index (χ0n) is 12.9. The van der Waals surface area contributed by atoms with Crippen LogP contribution in [-0.4, -0.2) is 53.8 Å². The summed E-state index contributed by atoms with van der Waals surface area (Å²) in [5.74, 6) is 0.0647. The van der Waals surface area contributed by atoms with Crippen molar-refractivity contribution in [3.05, 3.63) is 0 Å². The van der Waals surface area contributed by atoms with E-state index in [4.69, 9.17) is 0 Å². The first-order valence-corrected chi connectivity index (χ1v) is 7.11. The minimum atomic E-state index is -0.631. The zero-order chi connectivity index (χ0) is 15.4. The first-order chi connectivity index (χ1) is 9.27. The predicted octanol–water partition coefficient (Wildman–Crippen LogP) is 0.985. The fraction of sp³-hybridized carbons (Fsp3) is 0.857. The molecule has 116 valence electrons. The van der Waals surface area contributed by atoms with Crippen molar-refractivity contribution in [2.75, 3.05) is 13.7 Å². The van der Waals surface area contributed by atoms with Crippen molar-refractivity contribution < 1.29 is 19.4 Å². The Balaban J connectivity index is 2.85. The van der Waals surface area contributed by atoms with Gasteiger partial charge in [-0.15, -0.1) is 0 Å². The number of β-amino-alcohol motifs (C(OH)–C–C–N with tert-alkyl or cyclic N) is 1. The van der Waals surface area contributed by atoms with Crippen LogP contribution in [0.3, 0.4) is 0 Å². The van der Waals surface area contributed by atoms with Crippen LogP contribution in [0.15, 0.2) is 0 Å². The van der Waals surface area contributed by atoms with E-state index in [1.165, 1.54) is 7.11 Å². The van der Waals surface area contributed by atoms with Crippen molar-refractivity contribution in [3.8, 4) is 0 Å². The predicted molar refractivity (Wildman–Crippen MR) is 75.1 cm³/mol. The van der Waals surface area contributed by atoms with Gasteiger partial charge in [-0.1, -0.05) is 27.7 Å². The summed E-state index contributed by atoms with van der Waals surface area (Å²) < 4.78 is 4.57. The van der Waals surface area contributed by atoms with Gasteiger partial charge >= 0.3 is 6.09 Å². The number of carbonyl (C=O) groups excluding carboxylic acids is 2. The molecule has 3 atom stereocenters. The standard InChI is InChI=1S/C14H26N2O4/c1-8(2)11-6-10(17)7-16(11)13(18)12(9(3)4)15-14(19)20-5/h8-12,17H,6-7H2,1-5H3,(H,15,19)/t10-,11-,12-/m0/s1. The second-order valence-corrected chi connectivity index (χ2v) is 6.05. The van der Waals surface area contributed by atoms with Crippen molar-refractivity contribution in [3.63, 3.8) is 0 Å². The molecule has 1 heterocycles. The highest BCUT2D eigenvalue weighted by Gasteiger charge is 2.39. The third kappa shape index (κ3) is 3.85. The maximum absolute atomic E-state index is 12.6. The monoisotopic (exact) mass is 286 g/mol. The molecule has 1 saturated heterocycles. The SMILES string of the molecule is COC(=O)N[C@H](C(=O)N1C[C@@H](O)C[C@H]1C(C)C)C(C)C. The maximum atomic E-state index is 12.6. The summed E-state index contributed by atoms with van der Waals surface area (Å²) in [6, 6.07) is -0.618. The average molecular weight is 286 g/mol. The van der Waals surface area contributed by atoms with Gasteiger partial charge in [-0.2, -0.15) is 0 Å². The number of amides is 2. The van der Waals surface area contributed by atoms with E-state index in [2.05, 4.69) is 10.1 Å². The molecule has 20 heavy (non-hydrogen) atoms. The minimum absolute atomic E-state index is 0.0122. The fourth-order valence-electron chi connectivity index (χ4n) is 2.61. The van der Waals surface area contributed by atoms with Crippen LogP contribution in [-0.2, 0) is 9.53 Å². The Labute approximate surface area is 120 Å². The minimum Gasteiger partial charge on any atom is -0.453 e. The first kappa shape index (κ1) is 16.8. The molecule has 6 nitrogen and oxygen atoms in total. The number of methoxy groups -OCH3 is 1. The Kier molecular flexibility index (Phi) is 5.80. The van der Waals surface area contributed by atoms with Crippen molar-refractivity contribution in [1.82, 2.24) is 10.2 Å². The number of ether oxygens (including phenoxy) is 1. The molecule has 1 fully saturated rings. The molecule has 0 spiro atoms. The summed E-state index contributed by atoms with van der Waals surface area (Å²) >= 11 is 0. The van der Waals surface area contributed by atoms with Crippen molar-refractivity contribution in [2.24, 2.45) is 11.8 Å². The topological polar surface area (TPSA) is 78.9 Å². The molecule has 6 heteroatoms. The number of carbonyl (C=O) groups is 2. The Morgan fingerprint density at radius 1 is 1.30 bits per heavy atom. The van der Waals surface area contributed by atoms with E-state index in [1.54, 1.807) is 4.90 Å². The smallest absolute Gasteiger partial charge is 0.407 e. The van der Waals surface area contributed by atoms with Gasteiger partial charge < -0.3 is 20.1 Å². The van der Waals surface area contributed by atoms with Crippen LogP contribution >= 0.6 is 0 Å². The van der Waals surface area contributed by atoms with Crippen LogP contribution in [0.1, 0.15) is 34.1 Å². The molecule has 0 saturated carbocycles. The van der Waals surface area contributed by atoms with Gasteiger partial charge in [0.2, 0.25) is 5.91 Å². The highest BCUT2D eigenvalue weighted by atomic mass is 16.5. The van der Waals surface area contributed by atoms with Crippen LogP contribution in [0.4, 0.5) is 4.79 Å². The van der Waals surface area contributed by atoms with Gasteiger partial charge in [0, 0.05) is 12.6 Å². The molecule has 1 rings (SSSR count). The van der Waals surface area contributed by atoms with E-state index >= 15 is 0 Å². The summed E-state index contributed by atoms with van der Waals surface area (Å²) in [5.41, 5.74) is 0. The molecular weight excluding hydrogens is 260 g/mol. The maximum Gasteiger partial charge on any atom is 0.407 e. The van der Waals surface area contributed by atoms with Crippen LogP contribution in [0.25, 0.3) is 0 Å². The lowest BCUT2D eigenvalue weighted by Gasteiger charge is -2.32. The normalized spacial score (nSPS) is 24.1. The second-order valence-electron chi connectivity index (χ2n) is 6.05. The van der Waals surface area contributed by atoms with E-state index in [1.807, 2.05) is 27.7 Å². The quantitative estimate of drug-likeness (QED) is 0.807. The molecular formula is C14H26N2O4. The number of hydrogen-bond acceptors (Lipinski definition) is 4. The van der Waals surface area contributed by atoms with Gasteiger partial charge in [0.1, 0.15) is 6.04 Å². The number of aliphatic hydroxyl groups excluding tert-OH is 1. The number of likely N-dealkylation sites (tertiary alicyclic amines) is 1. The van der Waals surface area contributed by atoms with E-state index in [-0.39, 0.29) is 23.8 Å². The van der Waals surface area contributed by atoms with Crippen LogP contribution in [0.2, 0.25) is 0 Å². The lowest BCUT2D eigenvalue weighted by Crippen LogP contribution is -2.53. The zero-order valence-corrected chi connectivity index (χ0v) is 12.9. The number of aliphatic hydroxyl groups is 1. The first-order valence-electron chi connectivity index (χ1n) is 7.11. The molecule has 2 amide bonds. The van der Waals surface area contributed by atoms with Gasteiger partial charge in [0.05, 0.1) is 13.2 Å². The van der Waals surface area contributed by atoms with E-state index in [9.17, 15) is 14.7 Å². The van der Waals surface area contributed by atoms with E-state index < -0.39 is 18.2 Å². The third-order valence-corrected chi connectivity index (χ3v) is 3.77. The van der Waals surface area contributed by atoms with Crippen LogP contribution in [0, 0.1) is 11.8 Å². The van der Waals surface area contributed by atoms with Crippen molar-refractivity contribution in [2.45, 2.75) is 52.3 Å². The Morgan fingerprint density at radius 2 is 1.90 bits per heavy atom. The molecule has 1 aliphatic rings. The van der Waals surface area contributed by atoms with Gasteiger partial charge in [-0.25, -0.2) is 4.79 Å². The molecule has 0 aromatic rings. The number of nitrogens with one attached hydrogen (secondary N) is 1. The summed E-state index contributed by atoms with van der Waals surface area (Å²) in [6.45, 7) is 8.13. The fourth-order valence-corrected chi connectivity index (χ4v) is 2.61. The Hall–Kier alpha value is -1.30. The molecule has 0 aromatic carbocycles. The summed E-state index contributed by atoms with van der Waals surface area (Å²) in [5, 5.41) is 12.4. The van der Waals surface area contributed by atoms with Crippen molar-refractivity contribution >= 4 is 12.0 Å². The molecule has 2 N–H and O–H groups in total. The van der Waals surface area contributed by atoms with Crippen LogP contribution in [0.5, 0.6) is 0 Å². The molecule has 1 aliphatic heterocycles.